The van der Waals surface area contributed by atoms with E-state index >= 15 is 0 Å². The van der Waals surface area contributed by atoms with Crippen molar-refractivity contribution in [2.75, 3.05) is 0 Å². The molecule has 0 aliphatic carbocycles. The third-order valence-corrected chi connectivity index (χ3v) is 2.73. The predicted molar refractivity (Wildman–Crippen MR) is 68.5 cm³/mol. The molecule has 3 N–H and O–H groups in total. The van der Waals surface area contributed by atoms with E-state index in [9.17, 15) is 0 Å². The van der Waals surface area contributed by atoms with Gasteiger partial charge in [-0.1, -0.05) is 6.92 Å². The zero-order valence-electron chi connectivity index (χ0n) is 10.7. The van der Waals surface area contributed by atoms with Gasteiger partial charge in [-0.3, -0.25) is 5.84 Å². The Morgan fingerprint density at radius 2 is 2.22 bits per heavy atom. The molecule has 2 heterocycles. The molecular formula is C12H18N6. The molecule has 0 fully saturated rings. The first-order valence-electron chi connectivity index (χ1n) is 6.03. The lowest BCUT2D eigenvalue weighted by molar-refractivity contribution is 0.534. The lowest BCUT2D eigenvalue weighted by atomic mass is 10.2. The van der Waals surface area contributed by atoms with Crippen LogP contribution in [0.2, 0.25) is 0 Å². The molecule has 0 saturated heterocycles. The topological polar surface area (TPSA) is 81.7 Å². The largest absolute Gasteiger partial charge is 0.333 e. The Morgan fingerprint density at radius 1 is 1.39 bits per heavy atom. The van der Waals surface area contributed by atoms with Gasteiger partial charge in [0.15, 0.2) is 0 Å². The van der Waals surface area contributed by atoms with Gasteiger partial charge in [-0.05, 0) is 19.4 Å². The normalized spacial score (nSPS) is 12.6. The van der Waals surface area contributed by atoms with E-state index < -0.39 is 0 Å². The van der Waals surface area contributed by atoms with E-state index in [1.165, 1.54) is 0 Å². The van der Waals surface area contributed by atoms with E-state index in [2.05, 4.69) is 31.9 Å². The maximum Gasteiger partial charge on any atom is 0.133 e. The number of hydrazine groups is 1. The van der Waals surface area contributed by atoms with Crippen LogP contribution in [0.15, 0.2) is 24.7 Å². The number of imidazole rings is 1. The molecule has 0 aliphatic heterocycles. The molecular weight excluding hydrogens is 228 g/mol. The summed E-state index contributed by atoms with van der Waals surface area (Å²) >= 11 is 0. The second-order valence-electron chi connectivity index (χ2n) is 4.11. The van der Waals surface area contributed by atoms with Crippen LogP contribution in [0.25, 0.3) is 0 Å². The molecule has 6 nitrogen and oxygen atoms in total. The molecule has 2 aromatic rings. The van der Waals surface area contributed by atoms with E-state index in [-0.39, 0.29) is 6.04 Å². The fraction of sp³-hybridized carbons (Fsp3) is 0.417. The number of nitrogens with zero attached hydrogens (tertiary/aromatic N) is 4. The third-order valence-electron chi connectivity index (χ3n) is 2.73. The van der Waals surface area contributed by atoms with Gasteiger partial charge >= 0.3 is 0 Å². The van der Waals surface area contributed by atoms with Gasteiger partial charge < -0.3 is 4.57 Å². The van der Waals surface area contributed by atoms with Gasteiger partial charge in [0.2, 0.25) is 0 Å². The number of aryl methyl sites for hydroxylation is 2. The number of hydrogen-bond acceptors (Lipinski definition) is 5. The fourth-order valence-corrected chi connectivity index (χ4v) is 1.94. The molecule has 2 aromatic heterocycles. The molecule has 18 heavy (non-hydrogen) atoms. The molecule has 0 bridgehead atoms. The van der Waals surface area contributed by atoms with Crippen molar-refractivity contribution in [3.63, 3.8) is 0 Å². The van der Waals surface area contributed by atoms with Crippen LogP contribution < -0.4 is 11.3 Å². The quantitative estimate of drug-likeness (QED) is 0.606. The molecule has 0 radical (unpaired) electrons. The van der Waals surface area contributed by atoms with Crippen LogP contribution in [-0.2, 0) is 6.54 Å². The van der Waals surface area contributed by atoms with Crippen molar-refractivity contribution in [1.29, 1.82) is 0 Å². The van der Waals surface area contributed by atoms with Crippen molar-refractivity contribution >= 4 is 0 Å². The Kier molecular flexibility index (Phi) is 4.01. The lowest BCUT2D eigenvalue weighted by Gasteiger charge is -2.16. The number of nitrogens with one attached hydrogen (secondary N) is 1. The number of aromatic nitrogens is 4. The maximum atomic E-state index is 5.65. The van der Waals surface area contributed by atoms with Crippen LogP contribution in [-0.4, -0.2) is 19.5 Å². The van der Waals surface area contributed by atoms with Crippen LogP contribution in [0, 0.1) is 6.92 Å². The van der Waals surface area contributed by atoms with E-state index in [0.717, 1.165) is 30.3 Å². The van der Waals surface area contributed by atoms with Crippen LogP contribution in [0.4, 0.5) is 0 Å². The molecule has 0 aliphatic rings. The average molecular weight is 246 g/mol. The molecule has 0 spiro atoms. The van der Waals surface area contributed by atoms with Crippen molar-refractivity contribution in [1.82, 2.24) is 24.9 Å². The molecule has 0 aromatic carbocycles. The van der Waals surface area contributed by atoms with Crippen LogP contribution >= 0.6 is 0 Å². The van der Waals surface area contributed by atoms with Gasteiger partial charge in [0.05, 0.1) is 5.69 Å². The summed E-state index contributed by atoms with van der Waals surface area (Å²) in [6, 6.07) is 1.64. The Morgan fingerprint density at radius 3 is 2.89 bits per heavy atom. The summed E-state index contributed by atoms with van der Waals surface area (Å²) in [5.41, 5.74) is 3.60. The number of rotatable bonds is 5. The molecule has 0 saturated carbocycles. The fourth-order valence-electron chi connectivity index (χ4n) is 1.94. The third kappa shape index (κ3) is 2.55. The summed E-state index contributed by atoms with van der Waals surface area (Å²) < 4.78 is 2.09. The Balaban J connectivity index is 2.36. The monoisotopic (exact) mass is 246 g/mol. The lowest BCUT2D eigenvalue weighted by Crippen LogP contribution is -2.32. The van der Waals surface area contributed by atoms with Crippen molar-refractivity contribution in [3.05, 3.63) is 42.0 Å². The van der Waals surface area contributed by atoms with Crippen LogP contribution in [0.1, 0.15) is 36.7 Å². The standard InChI is InChI=1S/C12H18N6/c1-3-7-18-8-6-15-12(18)11(17-13)10-4-5-14-9(2)16-10/h4-6,8,11,17H,3,7,13H2,1-2H3. The summed E-state index contributed by atoms with van der Waals surface area (Å²) in [5.74, 6) is 7.24. The minimum Gasteiger partial charge on any atom is -0.333 e. The smallest absolute Gasteiger partial charge is 0.133 e. The summed E-state index contributed by atoms with van der Waals surface area (Å²) in [7, 11) is 0. The molecule has 0 amide bonds. The number of hydrogen-bond donors (Lipinski definition) is 2. The summed E-state index contributed by atoms with van der Waals surface area (Å²) in [6.45, 7) is 4.90. The highest BCUT2D eigenvalue weighted by molar-refractivity contribution is 5.17. The molecule has 2 rings (SSSR count). The van der Waals surface area contributed by atoms with Gasteiger partial charge in [0, 0.05) is 25.1 Å². The van der Waals surface area contributed by atoms with Crippen molar-refractivity contribution < 1.29 is 0 Å². The van der Waals surface area contributed by atoms with E-state index in [1.54, 1.807) is 12.4 Å². The molecule has 96 valence electrons. The second kappa shape index (κ2) is 5.70. The Bertz CT molecular complexity index is 507. The Labute approximate surface area is 106 Å². The highest BCUT2D eigenvalue weighted by atomic mass is 15.3. The van der Waals surface area contributed by atoms with Crippen LogP contribution in [0.5, 0.6) is 0 Å². The zero-order chi connectivity index (χ0) is 13.0. The van der Waals surface area contributed by atoms with E-state index in [4.69, 9.17) is 5.84 Å². The van der Waals surface area contributed by atoms with Gasteiger partial charge in [-0.15, -0.1) is 0 Å². The highest BCUT2D eigenvalue weighted by Gasteiger charge is 2.19. The SMILES string of the molecule is CCCn1ccnc1C(NN)c1ccnc(C)n1. The molecule has 1 unspecified atom stereocenters. The molecule has 1 atom stereocenters. The minimum atomic E-state index is -0.215. The highest BCUT2D eigenvalue weighted by Crippen LogP contribution is 2.18. The predicted octanol–water partition coefficient (Wildman–Crippen LogP) is 0.944. The first-order chi connectivity index (χ1) is 8.76. The first kappa shape index (κ1) is 12.7. The summed E-state index contributed by atoms with van der Waals surface area (Å²) in [6.07, 6.45) is 6.51. The second-order valence-corrected chi connectivity index (χ2v) is 4.11. The molecule has 6 heteroatoms. The van der Waals surface area contributed by atoms with Gasteiger partial charge in [0.25, 0.3) is 0 Å². The van der Waals surface area contributed by atoms with E-state index in [0.29, 0.717) is 0 Å². The van der Waals surface area contributed by atoms with Gasteiger partial charge in [0.1, 0.15) is 17.7 Å². The number of nitrogens with two attached hydrogens (primary N) is 1. The van der Waals surface area contributed by atoms with Gasteiger partial charge in [-0.2, -0.15) is 0 Å². The Hall–Kier alpha value is -1.79. The summed E-state index contributed by atoms with van der Waals surface area (Å²) in [4.78, 5) is 12.9. The van der Waals surface area contributed by atoms with E-state index in [1.807, 2.05) is 19.2 Å². The van der Waals surface area contributed by atoms with Crippen molar-refractivity contribution in [2.24, 2.45) is 5.84 Å². The van der Waals surface area contributed by atoms with Crippen LogP contribution in [0.3, 0.4) is 0 Å². The maximum absolute atomic E-state index is 5.65. The van der Waals surface area contributed by atoms with Gasteiger partial charge in [-0.25, -0.2) is 20.4 Å². The first-order valence-corrected chi connectivity index (χ1v) is 6.03. The minimum absolute atomic E-state index is 0.215. The van der Waals surface area contributed by atoms with Crippen molar-refractivity contribution in [3.8, 4) is 0 Å². The zero-order valence-corrected chi connectivity index (χ0v) is 10.7. The van der Waals surface area contributed by atoms with Crippen molar-refractivity contribution in [2.45, 2.75) is 32.9 Å². The average Bonchev–Trinajstić information content (AvgIpc) is 2.79. The summed E-state index contributed by atoms with van der Waals surface area (Å²) in [5, 5.41) is 0.